The third-order valence-electron chi connectivity index (χ3n) is 3.03. The van der Waals surface area contributed by atoms with Crippen LogP contribution in [0.2, 0.25) is 0 Å². The van der Waals surface area contributed by atoms with Gasteiger partial charge >= 0.3 is 6.03 Å². The van der Waals surface area contributed by atoms with Crippen molar-refractivity contribution in [3.8, 4) is 0 Å². The molecule has 2 rings (SSSR count). The number of amides is 2. The van der Waals surface area contributed by atoms with Crippen molar-refractivity contribution in [2.24, 2.45) is 0 Å². The molecule has 0 radical (unpaired) electrons. The predicted molar refractivity (Wildman–Crippen MR) is 79.0 cm³/mol. The molecule has 1 aromatic heterocycles. The van der Waals surface area contributed by atoms with Gasteiger partial charge < -0.3 is 10.2 Å². The van der Waals surface area contributed by atoms with Gasteiger partial charge in [-0.25, -0.2) is 4.79 Å². The summed E-state index contributed by atoms with van der Waals surface area (Å²) >= 11 is 0. The zero-order valence-corrected chi connectivity index (χ0v) is 11.6. The summed E-state index contributed by atoms with van der Waals surface area (Å²) in [5, 5.41) is 2.89. The molecule has 4 heteroatoms. The van der Waals surface area contributed by atoms with E-state index in [9.17, 15) is 4.79 Å². The lowest BCUT2D eigenvalue weighted by Crippen LogP contribution is -2.39. The summed E-state index contributed by atoms with van der Waals surface area (Å²) in [5.41, 5.74) is 1.99. The Kier molecular flexibility index (Phi) is 5.12. The summed E-state index contributed by atoms with van der Waals surface area (Å²) in [6.07, 6.45) is 1.73. The molecule has 20 heavy (non-hydrogen) atoms. The normalized spacial score (nSPS) is 10.1. The summed E-state index contributed by atoms with van der Waals surface area (Å²) < 4.78 is 0. The third-order valence-corrected chi connectivity index (χ3v) is 3.03. The van der Waals surface area contributed by atoms with Gasteiger partial charge in [0.25, 0.3) is 0 Å². The van der Waals surface area contributed by atoms with Gasteiger partial charge in [0, 0.05) is 19.3 Å². The van der Waals surface area contributed by atoms with Gasteiger partial charge in [-0.3, -0.25) is 4.98 Å². The first-order chi connectivity index (χ1) is 9.79. The topological polar surface area (TPSA) is 45.2 Å². The fraction of sp³-hybridized carbons (Fsp3) is 0.250. The number of hydrogen-bond donors (Lipinski definition) is 1. The van der Waals surface area contributed by atoms with E-state index in [1.165, 1.54) is 0 Å². The molecule has 1 N–H and O–H groups in total. The van der Waals surface area contributed by atoms with Crippen LogP contribution in [0, 0.1) is 0 Å². The first-order valence-corrected chi connectivity index (χ1v) is 6.76. The minimum absolute atomic E-state index is 0.0676. The summed E-state index contributed by atoms with van der Waals surface area (Å²) in [4.78, 5) is 18.1. The zero-order valence-electron chi connectivity index (χ0n) is 11.6. The Morgan fingerprint density at radius 2 is 1.90 bits per heavy atom. The Morgan fingerprint density at radius 3 is 2.55 bits per heavy atom. The van der Waals surface area contributed by atoms with Crippen LogP contribution in [-0.2, 0) is 13.1 Å². The molecular formula is C16H19N3O. The van der Waals surface area contributed by atoms with Crippen molar-refractivity contribution < 1.29 is 4.79 Å². The molecule has 1 heterocycles. The minimum atomic E-state index is -0.0676. The summed E-state index contributed by atoms with van der Waals surface area (Å²) in [6.45, 7) is 3.71. The summed E-state index contributed by atoms with van der Waals surface area (Å²) in [6, 6.07) is 15.6. The molecule has 0 fully saturated rings. The van der Waals surface area contributed by atoms with E-state index in [0.717, 1.165) is 11.3 Å². The molecule has 0 aliphatic heterocycles. The largest absolute Gasteiger partial charge is 0.332 e. The summed E-state index contributed by atoms with van der Waals surface area (Å²) in [5.74, 6) is 0. The minimum Gasteiger partial charge on any atom is -0.332 e. The van der Waals surface area contributed by atoms with Crippen molar-refractivity contribution in [1.29, 1.82) is 0 Å². The van der Waals surface area contributed by atoms with Crippen LogP contribution in [0.3, 0.4) is 0 Å². The molecule has 104 valence electrons. The highest BCUT2D eigenvalue weighted by molar-refractivity contribution is 5.74. The molecule has 2 aromatic rings. The Bertz CT molecular complexity index is 528. The molecule has 4 nitrogen and oxygen atoms in total. The van der Waals surface area contributed by atoms with Crippen LogP contribution >= 0.6 is 0 Å². The van der Waals surface area contributed by atoms with Gasteiger partial charge in [0.15, 0.2) is 0 Å². The van der Waals surface area contributed by atoms with Crippen LogP contribution in [0.1, 0.15) is 18.2 Å². The molecule has 0 unspecified atom stereocenters. The van der Waals surface area contributed by atoms with Gasteiger partial charge in [0.1, 0.15) is 0 Å². The van der Waals surface area contributed by atoms with Crippen LogP contribution in [0.4, 0.5) is 4.79 Å². The number of carbonyl (C=O) groups excluding carboxylic acids is 1. The van der Waals surface area contributed by atoms with E-state index in [1.54, 1.807) is 11.1 Å². The first kappa shape index (κ1) is 14.1. The van der Waals surface area contributed by atoms with E-state index in [1.807, 2.05) is 55.5 Å². The SMILES string of the molecule is CCN(Cc1ccccc1)C(=O)NCc1ccccn1. The molecule has 0 aliphatic carbocycles. The first-order valence-electron chi connectivity index (χ1n) is 6.76. The fourth-order valence-electron chi connectivity index (χ4n) is 1.91. The molecule has 0 saturated heterocycles. The molecule has 0 bridgehead atoms. The Balaban J connectivity index is 1.89. The van der Waals surface area contributed by atoms with Crippen molar-refractivity contribution in [2.75, 3.05) is 6.54 Å². The van der Waals surface area contributed by atoms with Gasteiger partial charge in [-0.05, 0) is 24.6 Å². The second kappa shape index (κ2) is 7.28. The molecule has 2 amide bonds. The number of nitrogens with zero attached hydrogens (tertiary/aromatic N) is 2. The number of aromatic nitrogens is 1. The number of pyridine rings is 1. The second-order valence-electron chi connectivity index (χ2n) is 4.48. The smallest absolute Gasteiger partial charge is 0.318 e. The predicted octanol–water partition coefficient (Wildman–Crippen LogP) is 2.81. The van der Waals surface area contributed by atoms with Crippen LogP contribution in [0.15, 0.2) is 54.7 Å². The fourth-order valence-corrected chi connectivity index (χ4v) is 1.91. The number of nitrogens with one attached hydrogen (secondary N) is 1. The van der Waals surface area contributed by atoms with E-state index in [-0.39, 0.29) is 6.03 Å². The Hall–Kier alpha value is -2.36. The van der Waals surface area contributed by atoms with Crippen LogP contribution < -0.4 is 5.32 Å². The van der Waals surface area contributed by atoms with Crippen LogP contribution in [0.25, 0.3) is 0 Å². The van der Waals surface area contributed by atoms with Crippen LogP contribution in [0.5, 0.6) is 0 Å². The molecule has 1 aromatic carbocycles. The average molecular weight is 269 g/mol. The molecular weight excluding hydrogens is 250 g/mol. The van der Waals surface area contributed by atoms with Crippen molar-refractivity contribution in [1.82, 2.24) is 15.2 Å². The maximum atomic E-state index is 12.1. The van der Waals surface area contributed by atoms with Gasteiger partial charge in [-0.2, -0.15) is 0 Å². The standard InChI is InChI=1S/C16H19N3O/c1-2-19(13-14-8-4-3-5-9-14)16(20)18-12-15-10-6-7-11-17-15/h3-11H,2,12-13H2,1H3,(H,18,20). The van der Waals surface area contributed by atoms with Gasteiger partial charge in [-0.1, -0.05) is 36.4 Å². The van der Waals surface area contributed by atoms with E-state index < -0.39 is 0 Å². The quantitative estimate of drug-likeness (QED) is 0.907. The zero-order chi connectivity index (χ0) is 14.2. The van der Waals surface area contributed by atoms with Crippen molar-refractivity contribution in [3.05, 3.63) is 66.0 Å². The highest BCUT2D eigenvalue weighted by atomic mass is 16.2. The van der Waals surface area contributed by atoms with Crippen LogP contribution in [-0.4, -0.2) is 22.5 Å². The van der Waals surface area contributed by atoms with Crippen molar-refractivity contribution >= 4 is 6.03 Å². The molecule has 0 saturated carbocycles. The number of rotatable bonds is 5. The maximum Gasteiger partial charge on any atom is 0.318 e. The van der Waals surface area contributed by atoms with E-state index in [0.29, 0.717) is 19.6 Å². The van der Waals surface area contributed by atoms with Gasteiger partial charge in [0.05, 0.1) is 12.2 Å². The molecule has 0 atom stereocenters. The summed E-state index contributed by atoms with van der Waals surface area (Å²) in [7, 11) is 0. The van der Waals surface area contributed by atoms with Gasteiger partial charge in [-0.15, -0.1) is 0 Å². The Labute approximate surface area is 119 Å². The number of benzene rings is 1. The Morgan fingerprint density at radius 1 is 1.15 bits per heavy atom. The lowest BCUT2D eigenvalue weighted by Gasteiger charge is -2.21. The van der Waals surface area contributed by atoms with E-state index >= 15 is 0 Å². The van der Waals surface area contributed by atoms with E-state index in [4.69, 9.17) is 0 Å². The highest BCUT2D eigenvalue weighted by Gasteiger charge is 2.11. The monoisotopic (exact) mass is 269 g/mol. The third kappa shape index (κ3) is 4.09. The number of carbonyl (C=O) groups is 1. The average Bonchev–Trinajstić information content (AvgIpc) is 2.52. The van der Waals surface area contributed by atoms with Crippen molar-refractivity contribution in [3.63, 3.8) is 0 Å². The molecule has 0 aliphatic rings. The van der Waals surface area contributed by atoms with Gasteiger partial charge in [0.2, 0.25) is 0 Å². The second-order valence-corrected chi connectivity index (χ2v) is 4.48. The lowest BCUT2D eigenvalue weighted by molar-refractivity contribution is 0.197. The highest BCUT2D eigenvalue weighted by Crippen LogP contribution is 2.04. The lowest BCUT2D eigenvalue weighted by atomic mass is 10.2. The van der Waals surface area contributed by atoms with Crippen molar-refractivity contribution in [2.45, 2.75) is 20.0 Å². The maximum absolute atomic E-state index is 12.1. The van der Waals surface area contributed by atoms with E-state index in [2.05, 4.69) is 10.3 Å². The number of urea groups is 1. The molecule has 0 spiro atoms. The number of hydrogen-bond acceptors (Lipinski definition) is 2.